The lowest BCUT2D eigenvalue weighted by Gasteiger charge is -2.26. The van der Waals surface area contributed by atoms with Crippen molar-refractivity contribution in [2.45, 2.75) is 26.3 Å². The molecule has 0 aromatic rings. The van der Waals surface area contributed by atoms with E-state index in [1.54, 1.807) is 7.05 Å². The van der Waals surface area contributed by atoms with Gasteiger partial charge in [-0.05, 0) is 25.8 Å². The molecule has 0 unspecified atom stereocenters. The van der Waals surface area contributed by atoms with E-state index in [9.17, 15) is 4.79 Å². The van der Waals surface area contributed by atoms with E-state index in [0.717, 1.165) is 6.42 Å². The first-order valence-electron chi connectivity index (χ1n) is 4.64. The summed E-state index contributed by atoms with van der Waals surface area (Å²) in [6, 6.07) is -0.102. The lowest BCUT2D eigenvalue weighted by atomic mass is 10.00. The molecule has 0 spiro atoms. The van der Waals surface area contributed by atoms with Gasteiger partial charge in [-0.3, -0.25) is 4.79 Å². The second-order valence-corrected chi connectivity index (χ2v) is 3.70. The molecular formula is C9H19BN2O. The molecule has 0 aromatic carbocycles. The van der Waals surface area contributed by atoms with Crippen molar-refractivity contribution < 1.29 is 4.79 Å². The van der Waals surface area contributed by atoms with Crippen LogP contribution in [0.4, 0.5) is 0 Å². The maximum absolute atomic E-state index is 11.4. The lowest BCUT2D eigenvalue weighted by molar-refractivity contribution is -0.125. The Bertz CT molecular complexity index is 162. The molecule has 0 aliphatic carbocycles. The van der Waals surface area contributed by atoms with E-state index in [0.29, 0.717) is 12.4 Å². The summed E-state index contributed by atoms with van der Waals surface area (Å²) in [4.78, 5) is 13.3. The molecule has 1 N–H and O–H groups in total. The fraction of sp³-hybridized carbons (Fsp3) is 0.889. The van der Waals surface area contributed by atoms with Gasteiger partial charge in [0.2, 0.25) is 5.91 Å². The van der Waals surface area contributed by atoms with Crippen LogP contribution in [0.3, 0.4) is 0 Å². The molecule has 0 bridgehead atoms. The number of hydrogen-bond donors (Lipinski definition) is 1. The van der Waals surface area contributed by atoms with E-state index in [2.05, 4.69) is 19.2 Å². The molecule has 0 aromatic heterocycles. The Labute approximate surface area is 82.3 Å². The van der Waals surface area contributed by atoms with Gasteiger partial charge in [-0.2, -0.15) is 0 Å². The van der Waals surface area contributed by atoms with Crippen LogP contribution in [0.2, 0.25) is 0 Å². The van der Waals surface area contributed by atoms with E-state index >= 15 is 0 Å². The zero-order valence-electron chi connectivity index (χ0n) is 9.00. The van der Waals surface area contributed by atoms with E-state index in [4.69, 9.17) is 7.85 Å². The van der Waals surface area contributed by atoms with Crippen molar-refractivity contribution in [3.05, 3.63) is 0 Å². The largest absolute Gasteiger partial charge is 0.358 e. The zero-order chi connectivity index (χ0) is 10.4. The third kappa shape index (κ3) is 4.32. The molecule has 1 atom stereocenters. The SMILES string of the molecule is [B]CN(C)[C@@H](CC(C)C)C(=O)NC. The Hall–Kier alpha value is -0.505. The molecule has 0 aliphatic heterocycles. The minimum atomic E-state index is -0.102. The summed E-state index contributed by atoms with van der Waals surface area (Å²) < 4.78 is 0. The second-order valence-electron chi connectivity index (χ2n) is 3.70. The molecule has 0 rings (SSSR count). The molecule has 0 saturated carbocycles. The summed E-state index contributed by atoms with van der Waals surface area (Å²) in [6.07, 6.45) is 1.25. The van der Waals surface area contributed by atoms with Crippen LogP contribution in [-0.4, -0.2) is 45.2 Å². The second kappa shape index (κ2) is 6.03. The normalized spacial score (nSPS) is 13.4. The van der Waals surface area contributed by atoms with Crippen molar-refractivity contribution in [2.75, 3.05) is 20.5 Å². The number of amides is 1. The van der Waals surface area contributed by atoms with Gasteiger partial charge in [0, 0.05) is 7.05 Å². The average Bonchev–Trinajstić information content (AvgIpc) is 2.11. The fourth-order valence-electron chi connectivity index (χ4n) is 1.23. The number of rotatable bonds is 5. The zero-order valence-corrected chi connectivity index (χ0v) is 9.00. The van der Waals surface area contributed by atoms with Gasteiger partial charge in [0.25, 0.3) is 0 Å². The summed E-state index contributed by atoms with van der Waals surface area (Å²) in [5, 5.41) is 2.65. The number of nitrogens with zero attached hydrogens (tertiary/aromatic N) is 1. The number of carbonyl (C=O) groups excluding carboxylic acids is 1. The monoisotopic (exact) mass is 182 g/mol. The smallest absolute Gasteiger partial charge is 0.237 e. The van der Waals surface area contributed by atoms with Crippen molar-refractivity contribution in [3.63, 3.8) is 0 Å². The molecular weight excluding hydrogens is 163 g/mol. The number of hydrogen-bond acceptors (Lipinski definition) is 2. The van der Waals surface area contributed by atoms with Crippen molar-refractivity contribution in [1.29, 1.82) is 0 Å². The Morgan fingerprint density at radius 1 is 1.54 bits per heavy atom. The highest BCUT2D eigenvalue weighted by molar-refractivity contribution is 6.08. The molecule has 2 radical (unpaired) electrons. The van der Waals surface area contributed by atoms with E-state index in [1.165, 1.54) is 0 Å². The van der Waals surface area contributed by atoms with Crippen molar-refractivity contribution in [3.8, 4) is 0 Å². The first-order chi connectivity index (χ1) is 6.02. The summed E-state index contributed by atoms with van der Waals surface area (Å²) in [5.41, 5.74) is 0. The molecule has 0 saturated heterocycles. The molecule has 0 fully saturated rings. The number of nitrogens with one attached hydrogen (secondary N) is 1. The van der Waals surface area contributed by atoms with Crippen LogP contribution in [0.15, 0.2) is 0 Å². The van der Waals surface area contributed by atoms with Crippen molar-refractivity contribution >= 4 is 13.8 Å². The topological polar surface area (TPSA) is 32.3 Å². The van der Waals surface area contributed by atoms with Gasteiger partial charge >= 0.3 is 0 Å². The van der Waals surface area contributed by atoms with Crippen molar-refractivity contribution in [1.82, 2.24) is 10.2 Å². The Balaban J connectivity index is 4.26. The van der Waals surface area contributed by atoms with E-state index < -0.39 is 0 Å². The maximum Gasteiger partial charge on any atom is 0.237 e. The summed E-state index contributed by atoms with van der Waals surface area (Å²) >= 11 is 0. The average molecular weight is 182 g/mol. The molecule has 74 valence electrons. The van der Waals surface area contributed by atoms with Gasteiger partial charge in [0.1, 0.15) is 0 Å². The van der Waals surface area contributed by atoms with E-state index in [-0.39, 0.29) is 11.9 Å². The van der Waals surface area contributed by atoms with Gasteiger partial charge in [0.15, 0.2) is 0 Å². The van der Waals surface area contributed by atoms with Gasteiger partial charge < -0.3 is 10.2 Å². The van der Waals surface area contributed by atoms with Crippen LogP contribution in [-0.2, 0) is 4.79 Å². The Kier molecular flexibility index (Phi) is 5.79. The van der Waals surface area contributed by atoms with Crippen molar-refractivity contribution in [2.24, 2.45) is 5.92 Å². The molecule has 1 amide bonds. The van der Waals surface area contributed by atoms with Gasteiger partial charge in [-0.25, -0.2) is 0 Å². The summed E-state index contributed by atoms with van der Waals surface area (Å²) in [5.74, 6) is 0.540. The van der Waals surface area contributed by atoms with Gasteiger partial charge in [-0.1, -0.05) is 13.8 Å². The quantitative estimate of drug-likeness (QED) is 0.616. The third-order valence-electron chi connectivity index (χ3n) is 2.06. The van der Waals surface area contributed by atoms with Crippen LogP contribution in [0.1, 0.15) is 20.3 Å². The van der Waals surface area contributed by atoms with E-state index in [1.807, 2.05) is 11.9 Å². The minimum Gasteiger partial charge on any atom is -0.358 e. The molecule has 0 aliphatic rings. The van der Waals surface area contributed by atoms with Crippen LogP contribution in [0, 0.1) is 5.92 Å². The van der Waals surface area contributed by atoms with Gasteiger partial charge in [0.05, 0.1) is 13.9 Å². The molecule has 4 heteroatoms. The molecule has 0 heterocycles. The molecule has 13 heavy (non-hydrogen) atoms. The maximum atomic E-state index is 11.4. The minimum absolute atomic E-state index is 0.0432. The number of carbonyl (C=O) groups is 1. The fourth-order valence-corrected chi connectivity index (χ4v) is 1.23. The first-order valence-corrected chi connectivity index (χ1v) is 4.64. The summed E-state index contributed by atoms with van der Waals surface area (Å²) in [6.45, 7) is 4.20. The summed E-state index contributed by atoms with van der Waals surface area (Å²) in [7, 11) is 9.00. The molecule has 3 nitrogen and oxygen atoms in total. The third-order valence-corrected chi connectivity index (χ3v) is 2.06. The van der Waals surface area contributed by atoms with Crippen LogP contribution in [0.5, 0.6) is 0 Å². The van der Waals surface area contributed by atoms with Crippen LogP contribution in [0.25, 0.3) is 0 Å². The standard InChI is InChI=1S/C9H19BN2O/c1-7(2)5-8(9(13)11-3)12(4)6-10/h7-8H,5-6H2,1-4H3,(H,11,13)/t8-/m0/s1. The predicted octanol–water partition coefficient (Wildman–Crippen LogP) is 0.205. The first kappa shape index (κ1) is 12.5. The highest BCUT2D eigenvalue weighted by atomic mass is 16.2. The van der Waals surface area contributed by atoms with Crippen LogP contribution < -0.4 is 5.32 Å². The highest BCUT2D eigenvalue weighted by Crippen LogP contribution is 2.09. The van der Waals surface area contributed by atoms with Gasteiger partial charge in [-0.15, -0.1) is 0 Å². The Morgan fingerprint density at radius 2 is 2.08 bits per heavy atom. The number of likely N-dealkylation sites (N-methyl/N-ethyl adjacent to an activating group) is 2. The Morgan fingerprint density at radius 3 is 2.38 bits per heavy atom. The van der Waals surface area contributed by atoms with Crippen LogP contribution >= 0.6 is 0 Å². The lowest BCUT2D eigenvalue weighted by Crippen LogP contribution is -2.45. The predicted molar refractivity (Wildman–Crippen MR) is 55.7 cm³/mol. The highest BCUT2D eigenvalue weighted by Gasteiger charge is 2.21.